The number of aromatic nitrogens is 2. The standard InChI is InChI=1S/C14H15FN4O2/c1-2-9-7-10(21-18-9)8-16-14(20)12-13(15)19-6-4-3-5-11(19)17-12/h3-6,10H,2,7-8H2,1H3,(H,16,20). The lowest BCUT2D eigenvalue weighted by Crippen LogP contribution is -2.33. The van der Waals surface area contributed by atoms with Gasteiger partial charge in [-0.15, -0.1) is 0 Å². The minimum absolute atomic E-state index is 0.191. The number of carbonyl (C=O) groups is 1. The van der Waals surface area contributed by atoms with Gasteiger partial charge >= 0.3 is 0 Å². The Bertz CT molecular complexity index is 710. The van der Waals surface area contributed by atoms with Crippen LogP contribution in [0.5, 0.6) is 0 Å². The van der Waals surface area contributed by atoms with Gasteiger partial charge in [0, 0.05) is 12.6 Å². The Kier molecular flexibility index (Phi) is 3.55. The second-order valence-corrected chi connectivity index (χ2v) is 4.83. The number of carbonyl (C=O) groups excluding carboxylic acids is 1. The summed E-state index contributed by atoms with van der Waals surface area (Å²) >= 11 is 0. The summed E-state index contributed by atoms with van der Waals surface area (Å²) in [7, 11) is 0. The Hall–Kier alpha value is -2.44. The van der Waals surface area contributed by atoms with Crippen molar-refractivity contribution in [1.82, 2.24) is 14.7 Å². The molecule has 0 saturated carbocycles. The van der Waals surface area contributed by atoms with Gasteiger partial charge in [0.1, 0.15) is 11.8 Å². The normalized spacial score (nSPS) is 17.6. The number of hydrogen-bond acceptors (Lipinski definition) is 4. The highest BCUT2D eigenvalue weighted by Gasteiger charge is 2.23. The fourth-order valence-electron chi connectivity index (χ4n) is 2.21. The highest BCUT2D eigenvalue weighted by Crippen LogP contribution is 2.13. The maximum absolute atomic E-state index is 14.1. The SMILES string of the molecule is CCC1=NOC(CNC(=O)c2nc3ccccn3c2F)C1. The van der Waals surface area contributed by atoms with Crippen molar-refractivity contribution in [2.75, 3.05) is 6.54 Å². The molecule has 1 amide bonds. The predicted molar refractivity (Wildman–Crippen MR) is 74.7 cm³/mol. The van der Waals surface area contributed by atoms with Crippen LogP contribution in [0, 0.1) is 5.95 Å². The monoisotopic (exact) mass is 290 g/mol. The third-order valence-corrected chi connectivity index (χ3v) is 3.38. The number of imidazole rings is 1. The molecule has 21 heavy (non-hydrogen) atoms. The first-order valence-electron chi connectivity index (χ1n) is 6.81. The van der Waals surface area contributed by atoms with Crippen molar-refractivity contribution in [3.05, 3.63) is 36.0 Å². The first-order chi connectivity index (χ1) is 10.2. The highest BCUT2D eigenvalue weighted by atomic mass is 19.1. The molecule has 0 saturated heterocycles. The maximum atomic E-state index is 14.1. The molecule has 3 heterocycles. The van der Waals surface area contributed by atoms with E-state index >= 15 is 0 Å². The maximum Gasteiger partial charge on any atom is 0.274 e. The fraction of sp³-hybridized carbons (Fsp3) is 0.357. The number of nitrogens with one attached hydrogen (secondary N) is 1. The Balaban J connectivity index is 1.66. The minimum Gasteiger partial charge on any atom is -0.390 e. The van der Waals surface area contributed by atoms with Crippen LogP contribution in [0.2, 0.25) is 0 Å². The highest BCUT2D eigenvalue weighted by molar-refractivity contribution is 5.93. The molecule has 2 aromatic rings. The quantitative estimate of drug-likeness (QED) is 0.933. The van der Waals surface area contributed by atoms with E-state index in [9.17, 15) is 9.18 Å². The Morgan fingerprint density at radius 3 is 3.14 bits per heavy atom. The van der Waals surface area contributed by atoms with E-state index < -0.39 is 11.9 Å². The zero-order chi connectivity index (χ0) is 14.8. The number of pyridine rings is 1. The molecule has 0 spiro atoms. The molecule has 0 aromatic carbocycles. The molecule has 110 valence electrons. The van der Waals surface area contributed by atoms with E-state index in [2.05, 4.69) is 15.5 Å². The summed E-state index contributed by atoms with van der Waals surface area (Å²) < 4.78 is 15.3. The Morgan fingerprint density at radius 1 is 1.57 bits per heavy atom. The Labute approximate surface area is 120 Å². The van der Waals surface area contributed by atoms with Crippen molar-refractivity contribution in [2.45, 2.75) is 25.9 Å². The van der Waals surface area contributed by atoms with E-state index in [0.29, 0.717) is 12.1 Å². The van der Waals surface area contributed by atoms with Gasteiger partial charge in [-0.2, -0.15) is 4.39 Å². The van der Waals surface area contributed by atoms with Crippen LogP contribution in [0.15, 0.2) is 29.6 Å². The van der Waals surface area contributed by atoms with Crippen LogP contribution < -0.4 is 5.32 Å². The third-order valence-electron chi connectivity index (χ3n) is 3.38. The summed E-state index contributed by atoms with van der Waals surface area (Å²) in [6.07, 6.45) is 2.84. The lowest BCUT2D eigenvalue weighted by Gasteiger charge is -2.08. The molecule has 2 aromatic heterocycles. The smallest absolute Gasteiger partial charge is 0.274 e. The molecule has 3 rings (SSSR count). The van der Waals surface area contributed by atoms with Crippen LogP contribution in [0.1, 0.15) is 30.3 Å². The van der Waals surface area contributed by atoms with Gasteiger partial charge in [0.05, 0.1) is 12.3 Å². The van der Waals surface area contributed by atoms with Crippen LogP contribution in [-0.2, 0) is 4.84 Å². The fourth-order valence-corrected chi connectivity index (χ4v) is 2.21. The second kappa shape index (κ2) is 5.51. The molecular formula is C14H15FN4O2. The van der Waals surface area contributed by atoms with Crippen molar-refractivity contribution in [1.29, 1.82) is 0 Å². The molecule has 1 unspecified atom stereocenters. The molecule has 0 aliphatic carbocycles. The second-order valence-electron chi connectivity index (χ2n) is 4.83. The molecule has 1 atom stereocenters. The molecular weight excluding hydrogens is 275 g/mol. The average Bonchev–Trinajstić information content (AvgIpc) is 3.10. The van der Waals surface area contributed by atoms with Gasteiger partial charge in [0.25, 0.3) is 5.91 Å². The molecule has 1 N–H and O–H groups in total. The van der Waals surface area contributed by atoms with Gasteiger partial charge in [-0.25, -0.2) is 4.98 Å². The average molecular weight is 290 g/mol. The number of amides is 1. The van der Waals surface area contributed by atoms with E-state index in [1.807, 2.05) is 6.92 Å². The molecule has 7 heteroatoms. The summed E-state index contributed by atoms with van der Waals surface area (Å²) in [6, 6.07) is 5.05. The number of nitrogens with zero attached hydrogens (tertiary/aromatic N) is 3. The van der Waals surface area contributed by atoms with Crippen LogP contribution >= 0.6 is 0 Å². The van der Waals surface area contributed by atoms with Gasteiger partial charge in [-0.3, -0.25) is 9.20 Å². The van der Waals surface area contributed by atoms with E-state index in [-0.39, 0.29) is 18.3 Å². The van der Waals surface area contributed by atoms with Gasteiger partial charge in [-0.1, -0.05) is 18.1 Å². The summed E-state index contributed by atoms with van der Waals surface area (Å²) in [6.45, 7) is 2.27. The van der Waals surface area contributed by atoms with E-state index in [4.69, 9.17) is 4.84 Å². The topological polar surface area (TPSA) is 68.0 Å². The number of halogens is 1. The molecule has 1 aliphatic rings. The van der Waals surface area contributed by atoms with E-state index in [1.54, 1.807) is 18.2 Å². The van der Waals surface area contributed by atoms with Crippen LogP contribution in [0.4, 0.5) is 4.39 Å². The number of rotatable bonds is 4. The summed E-state index contributed by atoms with van der Waals surface area (Å²) in [5, 5.41) is 6.54. The summed E-state index contributed by atoms with van der Waals surface area (Å²) in [5.74, 6) is -1.22. The zero-order valence-electron chi connectivity index (χ0n) is 11.5. The van der Waals surface area contributed by atoms with Crippen LogP contribution in [-0.4, -0.2) is 33.7 Å². The van der Waals surface area contributed by atoms with Crippen molar-refractivity contribution < 1.29 is 14.0 Å². The Morgan fingerprint density at radius 2 is 2.43 bits per heavy atom. The number of hydrogen-bond donors (Lipinski definition) is 1. The van der Waals surface area contributed by atoms with Crippen LogP contribution in [0.3, 0.4) is 0 Å². The molecule has 0 bridgehead atoms. The first-order valence-corrected chi connectivity index (χ1v) is 6.81. The van der Waals surface area contributed by atoms with E-state index in [1.165, 1.54) is 10.6 Å². The summed E-state index contributed by atoms with van der Waals surface area (Å²) in [5.41, 5.74) is 1.15. The van der Waals surface area contributed by atoms with Gasteiger partial charge in [0.15, 0.2) is 5.69 Å². The van der Waals surface area contributed by atoms with Crippen molar-refractivity contribution in [3.8, 4) is 0 Å². The van der Waals surface area contributed by atoms with Crippen LogP contribution in [0.25, 0.3) is 5.65 Å². The van der Waals surface area contributed by atoms with Crippen molar-refractivity contribution in [3.63, 3.8) is 0 Å². The number of fused-ring (bicyclic) bond motifs is 1. The van der Waals surface area contributed by atoms with Gasteiger partial charge < -0.3 is 10.2 Å². The molecule has 0 radical (unpaired) electrons. The molecule has 0 fully saturated rings. The number of oxime groups is 1. The lowest BCUT2D eigenvalue weighted by atomic mass is 10.1. The third kappa shape index (κ3) is 2.58. The van der Waals surface area contributed by atoms with Gasteiger partial charge in [-0.05, 0) is 18.6 Å². The predicted octanol–water partition coefficient (Wildman–Crippen LogP) is 1.76. The zero-order valence-corrected chi connectivity index (χ0v) is 11.5. The molecule has 1 aliphatic heterocycles. The largest absolute Gasteiger partial charge is 0.390 e. The first kappa shape index (κ1) is 13.5. The van der Waals surface area contributed by atoms with Crippen molar-refractivity contribution >= 4 is 17.3 Å². The van der Waals surface area contributed by atoms with E-state index in [0.717, 1.165) is 12.1 Å². The molecule has 6 nitrogen and oxygen atoms in total. The van der Waals surface area contributed by atoms with Crippen molar-refractivity contribution in [2.24, 2.45) is 5.16 Å². The summed E-state index contributed by atoms with van der Waals surface area (Å²) in [4.78, 5) is 21.2. The minimum atomic E-state index is -0.666. The lowest BCUT2D eigenvalue weighted by molar-refractivity contribution is 0.0749. The van der Waals surface area contributed by atoms with Gasteiger partial charge in [0.2, 0.25) is 5.95 Å².